The fraction of sp³-hybridized carbons (Fsp3) is 0.588. The van der Waals surface area contributed by atoms with Gasteiger partial charge in [-0.1, -0.05) is 12.1 Å². The summed E-state index contributed by atoms with van der Waals surface area (Å²) < 4.78 is 10.3. The number of rotatable bonds is 7. The molecule has 1 aromatic rings. The summed E-state index contributed by atoms with van der Waals surface area (Å²) in [4.78, 5) is 14.1. The summed E-state index contributed by atoms with van der Waals surface area (Å²) in [6.07, 6.45) is 3.53. The highest BCUT2D eigenvalue weighted by atomic mass is 16.5. The van der Waals surface area contributed by atoms with Crippen LogP contribution in [0.1, 0.15) is 24.8 Å². The predicted molar refractivity (Wildman–Crippen MR) is 82.5 cm³/mol. The number of carbonyl (C=O) groups excluding carboxylic acids is 1. The summed E-state index contributed by atoms with van der Waals surface area (Å²) in [7, 11) is 3.39. The summed E-state index contributed by atoms with van der Waals surface area (Å²) in [5.41, 5.74) is 1.25. The summed E-state index contributed by atoms with van der Waals surface area (Å²) in [5.74, 6) is 1.67. The number of nitrogens with zero attached hydrogens (tertiary/aromatic N) is 1. The van der Waals surface area contributed by atoms with Crippen molar-refractivity contribution in [3.8, 4) is 5.75 Å². The van der Waals surface area contributed by atoms with Gasteiger partial charge in [0.05, 0.1) is 13.7 Å². The Kier molecular flexibility index (Phi) is 6.05. The Hall–Kier alpha value is -1.55. The summed E-state index contributed by atoms with van der Waals surface area (Å²) in [6.45, 7) is 2.50. The molecule has 0 saturated carbocycles. The molecule has 0 radical (unpaired) electrons. The minimum atomic E-state index is 0.280. The second-order valence-corrected chi connectivity index (χ2v) is 5.65. The average Bonchev–Trinajstić information content (AvgIpc) is 2.97. The molecule has 2 rings (SSSR count). The van der Waals surface area contributed by atoms with Crippen LogP contribution in [0.25, 0.3) is 0 Å². The van der Waals surface area contributed by atoms with Crippen molar-refractivity contribution in [1.82, 2.24) is 4.90 Å². The number of carbonyl (C=O) groups is 1. The molecule has 1 saturated heterocycles. The van der Waals surface area contributed by atoms with Crippen LogP contribution in [0.3, 0.4) is 0 Å². The molecule has 116 valence electrons. The van der Waals surface area contributed by atoms with E-state index in [2.05, 4.69) is 12.1 Å². The minimum Gasteiger partial charge on any atom is -0.497 e. The second kappa shape index (κ2) is 8.03. The summed E-state index contributed by atoms with van der Waals surface area (Å²) >= 11 is 0. The van der Waals surface area contributed by atoms with Crippen LogP contribution in [-0.2, 0) is 16.0 Å². The van der Waals surface area contributed by atoms with Crippen LogP contribution in [0.15, 0.2) is 24.3 Å². The molecule has 4 heteroatoms. The van der Waals surface area contributed by atoms with Gasteiger partial charge >= 0.3 is 0 Å². The first-order chi connectivity index (χ1) is 10.2. The molecule has 0 spiro atoms. The Morgan fingerprint density at radius 3 is 2.71 bits per heavy atom. The smallest absolute Gasteiger partial charge is 0.222 e. The molecular formula is C17H25NO3. The topological polar surface area (TPSA) is 38.8 Å². The van der Waals surface area contributed by atoms with Crippen molar-refractivity contribution in [3.05, 3.63) is 29.8 Å². The van der Waals surface area contributed by atoms with Crippen LogP contribution in [0, 0.1) is 5.92 Å². The van der Waals surface area contributed by atoms with E-state index in [-0.39, 0.29) is 5.91 Å². The largest absolute Gasteiger partial charge is 0.497 e. The molecule has 1 atom stereocenters. The molecule has 4 nitrogen and oxygen atoms in total. The maximum atomic E-state index is 12.2. The third kappa shape index (κ3) is 4.74. The Morgan fingerprint density at radius 2 is 2.05 bits per heavy atom. The van der Waals surface area contributed by atoms with Gasteiger partial charge in [0.25, 0.3) is 0 Å². The number of aryl methyl sites for hydroxylation is 1. The lowest BCUT2D eigenvalue weighted by Gasteiger charge is -2.16. The first kappa shape index (κ1) is 15.8. The molecule has 0 N–H and O–H groups in total. The fourth-order valence-electron chi connectivity index (χ4n) is 2.82. The van der Waals surface area contributed by atoms with Gasteiger partial charge in [0.2, 0.25) is 5.91 Å². The van der Waals surface area contributed by atoms with Crippen molar-refractivity contribution in [2.75, 3.05) is 33.9 Å². The molecule has 1 aliphatic rings. The zero-order valence-corrected chi connectivity index (χ0v) is 13.0. The Balaban J connectivity index is 1.69. The fourth-order valence-corrected chi connectivity index (χ4v) is 2.82. The van der Waals surface area contributed by atoms with E-state index in [4.69, 9.17) is 9.47 Å². The van der Waals surface area contributed by atoms with Crippen LogP contribution >= 0.6 is 0 Å². The van der Waals surface area contributed by atoms with Gasteiger partial charge in [-0.3, -0.25) is 4.79 Å². The van der Waals surface area contributed by atoms with Crippen molar-refractivity contribution < 1.29 is 14.3 Å². The first-order valence-electron chi connectivity index (χ1n) is 7.62. The quantitative estimate of drug-likeness (QED) is 0.775. The van der Waals surface area contributed by atoms with Gasteiger partial charge in [-0.05, 0) is 37.0 Å². The maximum absolute atomic E-state index is 12.2. The monoisotopic (exact) mass is 291 g/mol. The summed E-state index contributed by atoms with van der Waals surface area (Å²) in [6, 6.07) is 8.06. The molecule has 0 bridgehead atoms. The van der Waals surface area contributed by atoms with E-state index < -0.39 is 0 Å². The molecule has 1 aliphatic heterocycles. The SMILES string of the molecule is COC[C@H]1CCN(C(=O)CCCc2ccc(OC)cc2)C1. The highest BCUT2D eigenvalue weighted by Gasteiger charge is 2.25. The van der Waals surface area contributed by atoms with Gasteiger partial charge in [0.1, 0.15) is 5.75 Å². The molecule has 0 unspecified atom stereocenters. The third-order valence-corrected chi connectivity index (χ3v) is 4.06. The van der Waals surface area contributed by atoms with Gasteiger partial charge in [-0.15, -0.1) is 0 Å². The van der Waals surface area contributed by atoms with Crippen LogP contribution in [0.5, 0.6) is 5.75 Å². The lowest BCUT2D eigenvalue weighted by molar-refractivity contribution is -0.130. The lowest BCUT2D eigenvalue weighted by Crippen LogP contribution is -2.29. The number of likely N-dealkylation sites (tertiary alicyclic amines) is 1. The molecule has 0 aromatic heterocycles. The van der Waals surface area contributed by atoms with Crippen molar-refractivity contribution in [2.24, 2.45) is 5.92 Å². The van der Waals surface area contributed by atoms with Crippen molar-refractivity contribution in [2.45, 2.75) is 25.7 Å². The van der Waals surface area contributed by atoms with Gasteiger partial charge in [-0.25, -0.2) is 0 Å². The Bertz CT molecular complexity index is 444. The Morgan fingerprint density at radius 1 is 1.29 bits per heavy atom. The molecule has 21 heavy (non-hydrogen) atoms. The predicted octanol–water partition coefficient (Wildman–Crippen LogP) is 2.51. The zero-order valence-electron chi connectivity index (χ0n) is 13.0. The van der Waals surface area contributed by atoms with Crippen molar-refractivity contribution in [3.63, 3.8) is 0 Å². The molecule has 1 amide bonds. The van der Waals surface area contributed by atoms with E-state index in [9.17, 15) is 4.79 Å². The highest BCUT2D eigenvalue weighted by Crippen LogP contribution is 2.18. The van der Waals surface area contributed by atoms with Gasteiger partial charge in [-0.2, -0.15) is 0 Å². The highest BCUT2D eigenvalue weighted by molar-refractivity contribution is 5.76. The number of benzene rings is 1. The second-order valence-electron chi connectivity index (χ2n) is 5.65. The van der Waals surface area contributed by atoms with E-state index in [1.165, 1.54) is 5.56 Å². The molecule has 1 fully saturated rings. The molecule has 0 aliphatic carbocycles. The number of amides is 1. The average molecular weight is 291 g/mol. The van der Waals surface area contributed by atoms with E-state index in [1.807, 2.05) is 17.0 Å². The van der Waals surface area contributed by atoms with Gasteiger partial charge in [0.15, 0.2) is 0 Å². The zero-order chi connectivity index (χ0) is 15.1. The number of hydrogen-bond acceptors (Lipinski definition) is 3. The number of methoxy groups -OCH3 is 2. The van der Waals surface area contributed by atoms with Crippen molar-refractivity contribution in [1.29, 1.82) is 0 Å². The van der Waals surface area contributed by atoms with Crippen LogP contribution < -0.4 is 4.74 Å². The van der Waals surface area contributed by atoms with Crippen LogP contribution in [-0.4, -0.2) is 44.7 Å². The van der Waals surface area contributed by atoms with Crippen LogP contribution in [0.2, 0.25) is 0 Å². The van der Waals surface area contributed by atoms with E-state index >= 15 is 0 Å². The molecule has 1 aromatic carbocycles. The van der Waals surface area contributed by atoms with Gasteiger partial charge < -0.3 is 14.4 Å². The molecule has 1 heterocycles. The van der Waals surface area contributed by atoms with E-state index in [0.29, 0.717) is 12.3 Å². The number of ether oxygens (including phenoxy) is 2. The Labute approximate surface area is 127 Å². The van der Waals surface area contributed by atoms with Gasteiger partial charge in [0, 0.05) is 32.5 Å². The lowest BCUT2D eigenvalue weighted by atomic mass is 10.1. The molecular weight excluding hydrogens is 266 g/mol. The standard InChI is InChI=1S/C17H25NO3/c1-20-13-15-10-11-18(12-15)17(19)5-3-4-14-6-8-16(21-2)9-7-14/h6-9,15H,3-5,10-13H2,1-2H3/t15-/m0/s1. The van der Waals surface area contributed by atoms with Crippen LogP contribution in [0.4, 0.5) is 0 Å². The normalized spacial score (nSPS) is 18.0. The minimum absolute atomic E-state index is 0.280. The number of hydrogen-bond donors (Lipinski definition) is 0. The first-order valence-corrected chi connectivity index (χ1v) is 7.62. The maximum Gasteiger partial charge on any atom is 0.222 e. The van der Waals surface area contributed by atoms with E-state index in [1.54, 1.807) is 14.2 Å². The van der Waals surface area contributed by atoms with Crippen molar-refractivity contribution >= 4 is 5.91 Å². The van der Waals surface area contributed by atoms with E-state index in [0.717, 1.165) is 44.7 Å². The third-order valence-electron chi connectivity index (χ3n) is 4.06. The summed E-state index contributed by atoms with van der Waals surface area (Å²) in [5, 5.41) is 0.